The Kier molecular flexibility index (Phi) is 2.97. The Morgan fingerprint density at radius 1 is 1.31 bits per heavy atom. The quantitative estimate of drug-likeness (QED) is 0.866. The number of aryl methyl sites for hydroxylation is 1. The maximum atomic E-state index is 9.18. The summed E-state index contributed by atoms with van der Waals surface area (Å²) < 4.78 is 1.65. The summed E-state index contributed by atoms with van der Waals surface area (Å²) in [5, 5.41) is 26.7. The Morgan fingerprint density at radius 2 is 2.06 bits per heavy atom. The first-order chi connectivity index (χ1) is 7.63. The molecule has 0 fully saturated rings. The number of aromatic nitrogens is 5. The van der Waals surface area contributed by atoms with Gasteiger partial charge in [-0.3, -0.25) is 0 Å². The van der Waals surface area contributed by atoms with E-state index in [1.807, 2.05) is 20.8 Å². The van der Waals surface area contributed by atoms with Crippen LogP contribution in [0.4, 0.5) is 0 Å². The van der Waals surface area contributed by atoms with E-state index >= 15 is 0 Å². The minimum absolute atomic E-state index is 0.106. The zero-order valence-corrected chi connectivity index (χ0v) is 10.2. The van der Waals surface area contributed by atoms with Crippen molar-refractivity contribution in [2.24, 2.45) is 0 Å². The van der Waals surface area contributed by atoms with Gasteiger partial charge >= 0.3 is 0 Å². The standard InChI is InChI=1S/C9H13N5OS/c1-5(2)8-7(4-15)11-13-14(8)9-12-10-6(3)16-9/h5,15H,4H2,1-3H3. The first-order valence-corrected chi connectivity index (χ1v) is 5.81. The number of hydrogen-bond donors (Lipinski definition) is 1. The predicted molar refractivity (Wildman–Crippen MR) is 59.6 cm³/mol. The van der Waals surface area contributed by atoms with Gasteiger partial charge in [0.05, 0.1) is 12.3 Å². The van der Waals surface area contributed by atoms with Crippen LogP contribution in [-0.4, -0.2) is 30.3 Å². The average molecular weight is 239 g/mol. The number of hydrogen-bond acceptors (Lipinski definition) is 6. The van der Waals surface area contributed by atoms with Gasteiger partial charge in [0, 0.05) is 0 Å². The molecule has 0 saturated carbocycles. The maximum absolute atomic E-state index is 9.18. The molecule has 2 heterocycles. The van der Waals surface area contributed by atoms with E-state index in [9.17, 15) is 5.11 Å². The zero-order valence-electron chi connectivity index (χ0n) is 9.38. The van der Waals surface area contributed by atoms with Gasteiger partial charge in [-0.1, -0.05) is 30.4 Å². The van der Waals surface area contributed by atoms with Gasteiger partial charge in [-0.25, -0.2) is 0 Å². The Hall–Kier alpha value is -1.34. The highest BCUT2D eigenvalue weighted by Gasteiger charge is 2.18. The summed E-state index contributed by atoms with van der Waals surface area (Å²) in [7, 11) is 0. The molecule has 16 heavy (non-hydrogen) atoms. The van der Waals surface area contributed by atoms with Gasteiger partial charge in [-0.15, -0.1) is 15.3 Å². The van der Waals surface area contributed by atoms with Crippen LogP contribution in [-0.2, 0) is 6.61 Å². The van der Waals surface area contributed by atoms with Crippen molar-refractivity contribution in [2.75, 3.05) is 0 Å². The molecule has 0 amide bonds. The van der Waals surface area contributed by atoms with Crippen molar-refractivity contribution in [3.05, 3.63) is 16.4 Å². The minimum atomic E-state index is -0.106. The van der Waals surface area contributed by atoms with E-state index in [2.05, 4.69) is 20.5 Å². The number of rotatable bonds is 3. The summed E-state index contributed by atoms with van der Waals surface area (Å²) in [6.07, 6.45) is 0. The molecule has 6 nitrogen and oxygen atoms in total. The molecule has 0 aromatic carbocycles. The van der Waals surface area contributed by atoms with Crippen LogP contribution in [0.3, 0.4) is 0 Å². The van der Waals surface area contributed by atoms with E-state index in [1.165, 1.54) is 11.3 Å². The molecule has 2 aromatic heterocycles. The Labute approximate surface area is 97.0 Å². The van der Waals surface area contributed by atoms with E-state index in [-0.39, 0.29) is 12.5 Å². The molecule has 0 aliphatic rings. The molecule has 2 rings (SSSR count). The molecule has 2 aromatic rings. The van der Waals surface area contributed by atoms with Crippen LogP contribution in [0.1, 0.15) is 36.2 Å². The number of aliphatic hydroxyl groups excluding tert-OH is 1. The molecule has 1 N–H and O–H groups in total. The highest BCUT2D eigenvalue weighted by Crippen LogP contribution is 2.22. The van der Waals surface area contributed by atoms with E-state index in [4.69, 9.17) is 0 Å². The van der Waals surface area contributed by atoms with Crippen molar-refractivity contribution in [2.45, 2.75) is 33.3 Å². The second-order valence-electron chi connectivity index (χ2n) is 3.75. The summed E-state index contributed by atoms with van der Waals surface area (Å²) in [6.45, 7) is 5.84. The zero-order chi connectivity index (χ0) is 11.7. The monoisotopic (exact) mass is 239 g/mol. The number of aliphatic hydroxyl groups is 1. The third-order valence-electron chi connectivity index (χ3n) is 2.17. The smallest absolute Gasteiger partial charge is 0.234 e. The number of nitrogens with zero attached hydrogens (tertiary/aromatic N) is 5. The highest BCUT2D eigenvalue weighted by atomic mass is 32.1. The molecule has 0 radical (unpaired) electrons. The van der Waals surface area contributed by atoms with Crippen LogP contribution in [0.2, 0.25) is 0 Å². The van der Waals surface area contributed by atoms with E-state index in [0.29, 0.717) is 10.8 Å². The molecule has 0 saturated heterocycles. The third kappa shape index (κ3) is 1.83. The van der Waals surface area contributed by atoms with E-state index in [1.54, 1.807) is 4.68 Å². The molecule has 0 bridgehead atoms. The van der Waals surface area contributed by atoms with Gasteiger partial charge in [0.25, 0.3) is 0 Å². The van der Waals surface area contributed by atoms with Crippen molar-refractivity contribution in [3.8, 4) is 5.13 Å². The first-order valence-electron chi connectivity index (χ1n) is 4.99. The van der Waals surface area contributed by atoms with Crippen LogP contribution >= 0.6 is 11.3 Å². The molecule has 7 heteroatoms. The Bertz CT molecular complexity index is 490. The summed E-state index contributed by atoms with van der Waals surface area (Å²) in [5.74, 6) is 0.223. The normalized spacial score (nSPS) is 11.3. The topological polar surface area (TPSA) is 76.7 Å². The lowest BCUT2D eigenvalue weighted by atomic mass is 10.1. The lowest BCUT2D eigenvalue weighted by Crippen LogP contribution is -2.05. The van der Waals surface area contributed by atoms with Gasteiger partial charge in [-0.2, -0.15) is 4.68 Å². The first kappa shape index (κ1) is 11.2. The van der Waals surface area contributed by atoms with Crippen molar-refractivity contribution in [3.63, 3.8) is 0 Å². The van der Waals surface area contributed by atoms with Crippen molar-refractivity contribution < 1.29 is 5.11 Å². The summed E-state index contributed by atoms with van der Waals surface area (Å²) in [4.78, 5) is 0. The van der Waals surface area contributed by atoms with E-state index < -0.39 is 0 Å². The van der Waals surface area contributed by atoms with Gasteiger partial charge in [0.2, 0.25) is 5.13 Å². The molecular weight excluding hydrogens is 226 g/mol. The SMILES string of the molecule is Cc1nnc(-n2nnc(CO)c2C(C)C)s1. The predicted octanol–water partition coefficient (Wildman–Crippen LogP) is 1.04. The van der Waals surface area contributed by atoms with Crippen LogP contribution in [0.5, 0.6) is 0 Å². The fraction of sp³-hybridized carbons (Fsp3) is 0.556. The average Bonchev–Trinajstić information content (AvgIpc) is 2.82. The molecule has 0 atom stereocenters. The molecular formula is C9H13N5OS. The summed E-state index contributed by atoms with van der Waals surface area (Å²) in [6, 6.07) is 0. The second-order valence-corrected chi connectivity index (χ2v) is 4.91. The van der Waals surface area contributed by atoms with Gasteiger partial charge < -0.3 is 5.11 Å². The van der Waals surface area contributed by atoms with Crippen LogP contribution in [0, 0.1) is 6.92 Å². The lowest BCUT2D eigenvalue weighted by molar-refractivity contribution is 0.275. The van der Waals surface area contributed by atoms with Crippen LogP contribution in [0.25, 0.3) is 5.13 Å². The van der Waals surface area contributed by atoms with Gasteiger partial charge in [0.1, 0.15) is 10.7 Å². The van der Waals surface area contributed by atoms with Crippen LogP contribution < -0.4 is 0 Å². The molecule has 86 valence electrons. The third-order valence-corrected chi connectivity index (χ3v) is 2.99. The molecule has 0 aliphatic heterocycles. The summed E-state index contributed by atoms with van der Waals surface area (Å²) in [5.41, 5.74) is 1.49. The molecule has 0 aliphatic carbocycles. The maximum Gasteiger partial charge on any atom is 0.234 e. The summed E-state index contributed by atoms with van der Waals surface area (Å²) >= 11 is 1.45. The Balaban J connectivity index is 2.52. The van der Waals surface area contributed by atoms with Crippen molar-refractivity contribution in [1.82, 2.24) is 25.2 Å². The van der Waals surface area contributed by atoms with Gasteiger partial charge in [0.15, 0.2) is 0 Å². The minimum Gasteiger partial charge on any atom is -0.390 e. The van der Waals surface area contributed by atoms with Crippen LogP contribution in [0.15, 0.2) is 0 Å². The fourth-order valence-electron chi connectivity index (χ4n) is 1.52. The van der Waals surface area contributed by atoms with Crippen molar-refractivity contribution in [1.29, 1.82) is 0 Å². The van der Waals surface area contributed by atoms with E-state index in [0.717, 1.165) is 10.7 Å². The van der Waals surface area contributed by atoms with Crippen molar-refractivity contribution >= 4 is 11.3 Å². The highest BCUT2D eigenvalue weighted by molar-refractivity contribution is 7.13. The largest absolute Gasteiger partial charge is 0.390 e. The second kappa shape index (κ2) is 4.26. The lowest BCUT2D eigenvalue weighted by Gasteiger charge is -2.06. The Morgan fingerprint density at radius 3 is 2.56 bits per heavy atom. The fourth-order valence-corrected chi connectivity index (χ4v) is 2.17. The van der Waals surface area contributed by atoms with Gasteiger partial charge in [-0.05, 0) is 12.8 Å². The molecule has 0 spiro atoms. The molecule has 0 unspecified atom stereocenters.